The second-order valence-electron chi connectivity index (χ2n) is 6.46. The second kappa shape index (κ2) is 6.48. The van der Waals surface area contributed by atoms with Gasteiger partial charge in [0, 0.05) is 5.92 Å². The molecule has 3 unspecified atom stereocenters. The van der Waals surface area contributed by atoms with Crippen molar-refractivity contribution in [3.05, 3.63) is 65.5 Å². The van der Waals surface area contributed by atoms with Crippen molar-refractivity contribution in [3.63, 3.8) is 0 Å². The molecule has 0 aliphatic heterocycles. The Balaban J connectivity index is 2.06. The summed E-state index contributed by atoms with van der Waals surface area (Å²) in [5, 5.41) is -1.16. The van der Waals surface area contributed by atoms with E-state index in [1.165, 1.54) is 36.4 Å². The molecule has 3 rings (SSSR count). The second-order valence-corrected chi connectivity index (χ2v) is 8.53. The highest BCUT2D eigenvalue weighted by Crippen LogP contribution is 2.56. The van der Waals surface area contributed by atoms with Crippen molar-refractivity contribution in [2.24, 2.45) is 5.73 Å². The normalized spacial score (nSPS) is 24.9. The molecule has 1 fully saturated rings. The minimum absolute atomic E-state index is 0.0885. The summed E-state index contributed by atoms with van der Waals surface area (Å²) in [5.41, 5.74) is 5.95. The van der Waals surface area contributed by atoms with Gasteiger partial charge in [0.15, 0.2) is 9.84 Å². The average molecular weight is 377 g/mol. The number of halogens is 1. The molecule has 7 heteroatoms. The number of hydrogen-bond donors (Lipinski definition) is 1. The van der Waals surface area contributed by atoms with Crippen LogP contribution in [0.4, 0.5) is 4.39 Å². The first-order chi connectivity index (χ1) is 12.2. The van der Waals surface area contributed by atoms with Crippen LogP contribution in [-0.2, 0) is 19.4 Å². The highest BCUT2D eigenvalue weighted by Gasteiger charge is 2.74. The molecule has 2 aromatic carbocycles. The number of sulfone groups is 1. The number of aryl methyl sites for hydroxylation is 1. The van der Waals surface area contributed by atoms with Crippen molar-refractivity contribution >= 4 is 15.8 Å². The third kappa shape index (κ3) is 2.91. The molecule has 26 heavy (non-hydrogen) atoms. The van der Waals surface area contributed by atoms with Crippen molar-refractivity contribution in [1.29, 1.82) is 0 Å². The zero-order valence-electron chi connectivity index (χ0n) is 14.5. The Morgan fingerprint density at radius 2 is 1.73 bits per heavy atom. The highest BCUT2D eigenvalue weighted by molar-refractivity contribution is 7.92. The average Bonchev–Trinajstić information content (AvgIpc) is 3.25. The van der Waals surface area contributed by atoms with Gasteiger partial charge in [0.1, 0.15) is 16.6 Å². The molecule has 0 heterocycles. The molecule has 0 saturated heterocycles. The number of carbonyl (C=O) groups is 1. The third-order valence-electron chi connectivity index (χ3n) is 4.72. The SMILES string of the molecule is CCOC(=O)C1(N)C(c2ccc(F)cc2)C1S(=O)(=O)c1ccc(C)cc1. The van der Waals surface area contributed by atoms with Crippen LogP contribution in [0.3, 0.4) is 0 Å². The van der Waals surface area contributed by atoms with E-state index in [4.69, 9.17) is 10.5 Å². The molecule has 0 spiro atoms. The third-order valence-corrected chi connectivity index (χ3v) is 6.98. The Kier molecular flexibility index (Phi) is 4.62. The maximum atomic E-state index is 13.2. The maximum absolute atomic E-state index is 13.2. The summed E-state index contributed by atoms with van der Waals surface area (Å²) in [5.74, 6) is -2.02. The molecule has 1 aliphatic rings. The fourth-order valence-electron chi connectivity index (χ4n) is 3.30. The molecule has 2 aromatic rings. The summed E-state index contributed by atoms with van der Waals surface area (Å²) >= 11 is 0. The quantitative estimate of drug-likeness (QED) is 0.808. The van der Waals surface area contributed by atoms with Gasteiger partial charge >= 0.3 is 5.97 Å². The Labute approximate surface area is 151 Å². The number of ether oxygens (including phenoxy) is 1. The lowest BCUT2D eigenvalue weighted by atomic mass is 10.1. The van der Waals surface area contributed by atoms with E-state index in [9.17, 15) is 17.6 Å². The van der Waals surface area contributed by atoms with Gasteiger partial charge in [-0.05, 0) is 43.7 Å². The van der Waals surface area contributed by atoms with E-state index in [-0.39, 0.29) is 11.5 Å². The van der Waals surface area contributed by atoms with Crippen LogP contribution in [0.15, 0.2) is 53.4 Å². The lowest BCUT2D eigenvalue weighted by Gasteiger charge is -2.11. The molecule has 0 radical (unpaired) electrons. The number of carbonyl (C=O) groups excluding carboxylic acids is 1. The first-order valence-electron chi connectivity index (χ1n) is 8.25. The summed E-state index contributed by atoms with van der Waals surface area (Å²) < 4.78 is 44.5. The topological polar surface area (TPSA) is 86.5 Å². The first-order valence-corrected chi connectivity index (χ1v) is 9.79. The number of hydrogen-bond acceptors (Lipinski definition) is 5. The Hall–Kier alpha value is -2.25. The van der Waals surface area contributed by atoms with Crippen LogP contribution in [-0.4, -0.2) is 31.8 Å². The molecule has 0 aromatic heterocycles. The Morgan fingerprint density at radius 1 is 1.15 bits per heavy atom. The predicted molar refractivity (Wildman–Crippen MR) is 94.8 cm³/mol. The number of esters is 1. The Bertz CT molecular complexity index is 925. The van der Waals surface area contributed by atoms with Crippen molar-refractivity contribution in [1.82, 2.24) is 0 Å². The molecular weight excluding hydrogens is 357 g/mol. The van der Waals surface area contributed by atoms with Gasteiger partial charge in [-0.1, -0.05) is 29.8 Å². The van der Waals surface area contributed by atoms with E-state index in [1.54, 1.807) is 19.1 Å². The standard InChI is InChI=1S/C19H20FNO4S/c1-3-25-18(22)19(21)16(13-6-8-14(20)9-7-13)17(19)26(23,24)15-10-4-12(2)5-11-15/h4-11,16-17H,3,21H2,1-2H3. The van der Waals surface area contributed by atoms with Crippen LogP contribution in [0.2, 0.25) is 0 Å². The summed E-state index contributed by atoms with van der Waals surface area (Å²) in [4.78, 5) is 12.5. The van der Waals surface area contributed by atoms with Crippen LogP contribution in [0.5, 0.6) is 0 Å². The zero-order valence-corrected chi connectivity index (χ0v) is 15.3. The Morgan fingerprint density at radius 3 is 2.27 bits per heavy atom. The lowest BCUT2D eigenvalue weighted by molar-refractivity contribution is -0.145. The smallest absolute Gasteiger partial charge is 0.328 e. The molecule has 5 nitrogen and oxygen atoms in total. The monoisotopic (exact) mass is 377 g/mol. The highest BCUT2D eigenvalue weighted by atomic mass is 32.2. The minimum Gasteiger partial charge on any atom is -0.465 e. The van der Waals surface area contributed by atoms with E-state index in [0.717, 1.165) is 5.56 Å². The number of benzene rings is 2. The number of rotatable bonds is 5. The van der Waals surface area contributed by atoms with E-state index in [2.05, 4.69) is 0 Å². The molecule has 0 bridgehead atoms. The van der Waals surface area contributed by atoms with Gasteiger partial charge in [0.2, 0.25) is 0 Å². The van der Waals surface area contributed by atoms with Crippen LogP contribution < -0.4 is 5.73 Å². The first kappa shape index (κ1) is 18.5. The van der Waals surface area contributed by atoms with Crippen molar-refractivity contribution in [2.45, 2.75) is 35.4 Å². The maximum Gasteiger partial charge on any atom is 0.328 e. The van der Waals surface area contributed by atoms with Gasteiger partial charge in [0.05, 0.1) is 11.5 Å². The molecular formula is C19H20FNO4S. The van der Waals surface area contributed by atoms with Crippen molar-refractivity contribution < 1.29 is 22.3 Å². The molecule has 138 valence electrons. The van der Waals surface area contributed by atoms with Crippen LogP contribution >= 0.6 is 0 Å². The fraction of sp³-hybridized carbons (Fsp3) is 0.316. The van der Waals surface area contributed by atoms with E-state index >= 15 is 0 Å². The van der Waals surface area contributed by atoms with Crippen LogP contribution in [0.1, 0.15) is 24.0 Å². The molecule has 1 saturated carbocycles. The van der Waals surface area contributed by atoms with Crippen molar-refractivity contribution in [2.75, 3.05) is 6.61 Å². The largest absolute Gasteiger partial charge is 0.465 e. The summed E-state index contributed by atoms with van der Waals surface area (Å²) in [6.07, 6.45) is 0. The number of nitrogens with two attached hydrogens (primary N) is 1. The fourth-order valence-corrected chi connectivity index (χ4v) is 5.53. The molecule has 2 N–H and O–H groups in total. The van der Waals surface area contributed by atoms with Crippen LogP contribution in [0, 0.1) is 12.7 Å². The predicted octanol–water partition coefficient (Wildman–Crippen LogP) is 2.33. The summed E-state index contributed by atoms with van der Waals surface area (Å²) in [7, 11) is -3.88. The van der Waals surface area contributed by atoms with Crippen LogP contribution in [0.25, 0.3) is 0 Å². The summed E-state index contributed by atoms with van der Waals surface area (Å²) in [6.45, 7) is 3.56. The van der Waals surface area contributed by atoms with Gasteiger partial charge < -0.3 is 10.5 Å². The molecule has 3 atom stereocenters. The van der Waals surface area contributed by atoms with Crippen molar-refractivity contribution in [3.8, 4) is 0 Å². The molecule has 1 aliphatic carbocycles. The molecule has 0 amide bonds. The van der Waals surface area contributed by atoms with E-state index in [0.29, 0.717) is 5.56 Å². The van der Waals surface area contributed by atoms with E-state index in [1.807, 2.05) is 6.92 Å². The van der Waals surface area contributed by atoms with Gasteiger partial charge in [0.25, 0.3) is 0 Å². The van der Waals surface area contributed by atoms with Gasteiger partial charge in [-0.2, -0.15) is 0 Å². The van der Waals surface area contributed by atoms with Gasteiger partial charge in [-0.3, -0.25) is 0 Å². The lowest BCUT2D eigenvalue weighted by Crippen LogP contribution is -2.41. The van der Waals surface area contributed by atoms with Gasteiger partial charge in [-0.15, -0.1) is 0 Å². The van der Waals surface area contributed by atoms with E-state index < -0.39 is 38.3 Å². The minimum atomic E-state index is -3.88. The zero-order chi connectivity index (χ0) is 19.1. The summed E-state index contributed by atoms with van der Waals surface area (Å²) in [6, 6.07) is 11.7. The van der Waals surface area contributed by atoms with Gasteiger partial charge in [-0.25, -0.2) is 17.6 Å².